The van der Waals surface area contributed by atoms with Gasteiger partial charge in [0.15, 0.2) is 6.04 Å². The number of amides is 2. The normalized spacial score (nSPS) is 12.9. The highest BCUT2D eigenvalue weighted by molar-refractivity contribution is 5.95. The molecule has 0 aliphatic carbocycles. The maximum atomic E-state index is 12.8. The highest BCUT2D eigenvalue weighted by atomic mass is 16.2. The number of anilines is 1. The summed E-state index contributed by atoms with van der Waals surface area (Å²) < 4.78 is 0. The first-order valence-corrected chi connectivity index (χ1v) is 10.3. The second-order valence-electron chi connectivity index (χ2n) is 7.95. The molecule has 2 atom stereocenters. The summed E-state index contributed by atoms with van der Waals surface area (Å²) in [6.45, 7) is 6.01. The maximum Gasteiger partial charge on any atom is 0.280 e. The first kappa shape index (κ1) is 21.5. The van der Waals surface area contributed by atoms with Crippen molar-refractivity contribution in [2.45, 2.75) is 32.9 Å². The SMILES string of the molecule is Cc1ccc(NC(=O)CN(C)C(=O)[C@H](C)[NH2+][C@H](C)c2cccc3ccccc23)cc1. The smallest absolute Gasteiger partial charge is 0.280 e. The Hall–Kier alpha value is -3.18. The lowest BCUT2D eigenvalue weighted by Gasteiger charge is -2.23. The molecule has 0 aliphatic heterocycles. The summed E-state index contributed by atoms with van der Waals surface area (Å²) in [4.78, 5) is 26.6. The fourth-order valence-corrected chi connectivity index (χ4v) is 3.74. The van der Waals surface area contributed by atoms with Crippen LogP contribution in [0.2, 0.25) is 0 Å². The van der Waals surface area contributed by atoms with E-state index in [9.17, 15) is 9.59 Å². The molecule has 0 aliphatic rings. The summed E-state index contributed by atoms with van der Waals surface area (Å²) >= 11 is 0. The number of nitrogens with two attached hydrogens (primary N) is 1. The van der Waals surface area contributed by atoms with E-state index in [-0.39, 0.29) is 30.4 Å². The molecule has 156 valence electrons. The molecule has 5 heteroatoms. The number of aryl methyl sites for hydroxylation is 1. The van der Waals surface area contributed by atoms with E-state index in [2.05, 4.69) is 47.9 Å². The first-order valence-electron chi connectivity index (χ1n) is 10.3. The third-order valence-corrected chi connectivity index (χ3v) is 5.37. The summed E-state index contributed by atoms with van der Waals surface area (Å²) in [5, 5.41) is 7.29. The molecule has 2 amide bonds. The summed E-state index contributed by atoms with van der Waals surface area (Å²) in [5.74, 6) is -0.273. The molecular formula is C25H30N3O2+. The minimum Gasteiger partial charge on any atom is -0.331 e. The molecule has 0 unspecified atom stereocenters. The van der Waals surface area contributed by atoms with Crippen molar-refractivity contribution in [2.75, 3.05) is 18.9 Å². The van der Waals surface area contributed by atoms with Crippen molar-refractivity contribution >= 4 is 28.3 Å². The summed E-state index contributed by atoms with van der Waals surface area (Å²) in [5.41, 5.74) is 3.06. The molecule has 30 heavy (non-hydrogen) atoms. The average Bonchev–Trinajstić information content (AvgIpc) is 2.74. The molecule has 3 aromatic rings. The second-order valence-corrected chi connectivity index (χ2v) is 7.95. The van der Waals surface area contributed by atoms with Crippen LogP contribution in [0, 0.1) is 6.92 Å². The molecule has 0 bridgehead atoms. The number of nitrogens with zero attached hydrogens (tertiary/aromatic N) is 1. The Morgan fingerprint density at radius 1 is 0.967 bits per heavy atom. The van der Waals surface area contributed by atoms with Gasteiger partial charge in [0.2, 0.25) is 5.91 Å². The lowest BCUT2D eigenvalue weighted by molar-refractivity contribution is -0.710. The van der Waals surface area contributed by atoms with E-state index in [1.54, 1.807) is 7.05 Å². The van der Waals surface area contributed by atoms with Gasteiger partial charge < -0.3 is 15.5 Å². The highest BCUT2D eigenvalue weighted by Crippen LogP contribution is 2.22. The zero-order valence-electron chi connectivity index (χ0n) is 18.1. The minimum absolute atomic E-state index is 0.0214. The fraction of sp³-hybridized carbons (Fsp3) is 0.280. The minimum atomic E-state index is -0.295. The largest absolute Gasteiger partial charge is 0.331 e. The zero-order chi connectivity index (χ0) is 21.7. The zero-order valence-corrected chi connectivity index (χ0v) is 18.1. The lowest BCUT2D eigenvalue weighted by Crippen LogP contribution is -2.92. The van der Waals surface area contributed by atoms with E-state index in [0.717, 1.165) is 11.3 Å². The Morgan fingerprint density at radius 2 is 1.63 bits per heavy atom. The van der Waals surface area contributed by atoms with Gasteiger partial charge in [-0.15, -0.1) is 0 Å². The Labute approximate surface area is 178 Å². The van der Waals surface area contributed by atoms with Crippen LogP contribution in [0.1, 0.15) is 31.0 Å². The van der Waals surface area contributed by atoms with E-state index in [1.165, 1.54) is 21.2 Å². The molecule has 3 aromatic carbocycles. The standard InChI is InChI=1S/C25H29N3O2/c1-17-12-14-21(15-13-17)27-24(29)16-28(4)25(30)19(3)26-18(2)22-11-7-9-20-8-5-6-10-23(20)22/h5-15,18-19,26H,16H2,1-4H3,(H,27,29)/p+1/t18-,19+/m1/s1. The number of carbonyl (C=O) groups is 2. The van der Waals surface area contributed by atoms with Crippen molar-refractivity contribution in [3.8, 4) is 0 Å². The Bertz CT molecular complexity index is 1020. The number of likely N-dealkylation sites (N-methyl/N-ethyl adjacent to an activating group) is 1. The molecule has 0 spiro atoms. The van der Waals surface area contributed by atoms with Crippen LogP contribution < -0.4 is 10.6 Å². The van der Waals surface area contributed by atoms with Gasteiger partial charge in [0.25, 0.3) is 5.91 Å². The van der Waals surface area contributed by atoms with E-state index >= 15 is 0 Å². The van der Waals surface area contributed by atoms with Crippen molar-refractivity contribution in [1.82, 2.24) is 4.90 Å². The van der Waals surface area contributed by atoms with Gasteiger partial charge in [-0.3, -0.25) is 9.59 Å². The van der Waals surface area contributed by atoms with Gasteiger partial charge in [0, 0.05) is 18.3 Å². The predicted octanol–water partition coefficient (Wildman–Crippen LogP) is 3.26. The predicted molar refractivity (Wildman–Crippen MR) is 121 cm³/mol. The van der Waals surface area contributed by atoms with E-state index in [4.69, 9.17) is 0 Å². The van der Waals surface area contributed by atoms with Crippen LogP contribution in [0.5, 0.6) is 0 Å². The topological polar surface area (TPSA) is 66.0 Å². The molecule has 0 radical (unpaired) electrons. The number of fused-ring (bicyclic) bond motifs is 1. The maximum absolute atomic E-state index is 12.8. The van der Waals surface area contributed by atoms with Crippen LogP contribution in [0.25, 0.3) is 10.8 Å². The number of nitrogens with one attached hydrogen (secondary N) is 1. The molecule has 0 aromatic heterocycles. The van der Waals surface area contributed by atoms with Gasteiger partial charge in [-0.1, -0.05) is 60.2 Å². The van der Waals surface area contributed by atoms with Crippen LogP contribution in [0.15, 0.2) is 66.7 Å². The summed E-state index contributed by atoms with van der Waals surface area (Å²) in [6, 6.07) is 22.0. The monoisotopic (exact) mass is 404 g/mol. The van der Waals surface area contributed by atoms with Gasteiger partial charge in [-0.05, 0) is 43.7 Å². The molecule has 0 saturated heterocycles. The van der Waals surface area contributed by atoms with Crippen LogP contribution in [0.4, 0.5) is 5.69 Å². The number of carbonyl (C=O) groups excluding carboxylic acids is 2. The van der Waals surface area contributed by atoms with Crippen molar-refractivity contribution in [3.05, 3.63) is 77.9 Å². The lowest BCUT2D eigenvalue weighted by atomic mass is 9.99. The number of benzene rings is 3. The quantitative estimate of drug-likeness (QED) is 0.635. The molecule has 3 rings (SSSR count). The van der Waals surface area contributed by atoms with E-state index in [0.29, 0.717) is 0 Å². The molecule has 3 N–H and O–H groups in total. The van der Waals surface area contributed by atoms with Crippen molar-refractivity contribution in [1.29, 1.82) is 0 Å². The molecular weight excluding hydrogens is 374 g/mol. The van der Waals surface area contributed by atoms with Crippen LogP contribution in [-0.4, -0.2) is 36.3 Å². The highest BCUT2D eigenvalue weighted by Gasteiger charge is 2.25. The second kappa shape index (κ2) is 9.55. The van der Waals surface area contributed by atoms with Gasteiger partial charge in [0.05, 0.1) is 6.54 Å². The fourth-order valence-electron chi connectivity index (χ4n) is 3.74. The molecule has 0 fully saturated rings. The molecule has 5 nitrogen and oxygen atoms in total. The Morgan fingerprint density at radius 3 is 2.37 bits per heavy atom. The summed E-state index contributed by atoms with van der Waals surface area (Å²) in [6.07, 6.45) is 0. The van der Waals surface area contributed by atoms with Crippen molar-refractivity contribution in [2.24, 2.45) is 0 Å². The number of hydrogen-bond donors (Lipinski definition) is 2. The average molecular weight is 405 g/mol. The molecule has 0 heterocycles. The number of quaternary nitrogens is 1. The van der Waals surface area contributed by atoms with Crippen molar-refractivity contribution < 1.29 is 14.9 Å². The molecule has 0 saturated carbocycles. The van der Waals surface area contributed by atoms with Crippen LogP contribution >= 0.6 is 0 Å². The van der Waals surface area contributed by atoms with Gasteiger partial charge in [-0.25, -0.2) is 0 Å². The third-order valence-electron chi connectivity index (χ3n) is 5.37. The number of rotatable bonds is 7. The van der Waals surface area contributed by atoms with E-state index < -0.39 is 0 Å². The Kier molecular flexibility index (Phi) is 6.85. The van der Waals surface area contributed by atoms with E-state index in [1.807, 2.05) is 50.2 Å². The van der Waals surface area contributed by atoms with Gasteiger partial charge in [-0.2, -0.15) is 0 Å². The first-order chi connectivity index (χ1) is 14.3. The number of hydrogen-bond acceptors (Lipinski definition) is 2. The van der Waals surface area contributed by atoms with Crippen molar-refractivity contribution in [3.63, 3.8) is 0 Å². The van der Waals surface area contributed by atoms with Gasteiger partial charge in [0.1, 0.15) is 6.04 Å². The third kappa shape index (κ3) is 5.24. The van der Waals surface area contributed by atoms with Gasteiger partial charge >= 0.3 is 0 Å². The summed E-state index contributed by atoms with van der Waals surface area (Å²) in [7, 11) is 1.67. The Balaban J connectivity index is 1.58. The van der Waals surface area contributed by atoms with Crippen LogP contribution in [0.3, 0.4) is 0 Å². The van der Waals surface area contributed by atoms with Crippen LogP contribution in [-0.2, 0) is 9.59 Å².